The quantitative estimate of drug-likeness (QED) is 0.383. The zero-order valence-corrected chi connectivity index (χ0v) is 15.8. The number of guanidine groups is 1. The highest BCUT2D eigenvalue weighted by atomic mass is 32.1. The van der Waals surface area contributed by atoms with Crippen LogP contribution in [0.1, 0.15) is 18.4 Å². The summed E-state index contributed by atoms with van der Waals surface area (Å²) in [6, 6.07) is 15.8. The predicted molar refractivity (Wildman–Crippen MR) is 108 cm³/mol. The number of thiazole rings is 1. The van der Waals surface area contributed by atoms with Gasteiger partial charge < -0.3 is 19.5 Å². The van der Waals surface area contributed by atoms with Crippen molar-refractivity contribution in [2.24, 2.45) is 4.99 Å². The first kappa shape index (κ1) is 17.4. The first-order chi connectivity index (χ1) is 13.3. The van der Waals surface area contributed by atoms with E-state index in [1.165, 1.54) is 0 Å². The van der Waals surface area contributed by atoms with Gasteiger partial charge in [-0.05, 0) is 43.3 Å². The molecule has 1 aromatic carbocycles. The Hall–Kier alpha value is -3.06. The number of benzene rings is 1. The molecule has 0 radical (unpaired) electrons. The zero-order chi connectivity index (χ0) is 18.5. The normalized spacial score (nSPS) is 11.8. The van der Waals surface area contributed by atoms with E-state index in [2.05, 4.69) is 26.7 Å². The van der Waals surface area contributed by atoms with Crippen LogP contribution in [0.4, 0.5) is 0 Å². The number of furan rings is 2. The van der Waals surface area contributed by atoms with Crippen LogP contribution in [0.5, 0.6) is 0 Å². The van der Waals surface area contributed by atoms with Crippen molar-refractivity contribution in [3.05, 3.63) is 66.3 Å². The van der Waals surface area contributed by atoms with E-state index in [9.17, 15) is 0 Å². The molecule has 6 nitrogen and oxygen atoms in total. The summed E-state index contributed by atoms with van der Waals surface area (Å²) in [5.74, 6) is 3.14. The highest BCUT2D eigenvalue weighted by Crippen LogP contribution is 2.31. The number of aliphatic imine (C=N–C) groups is 1. The number of rotatable bonds is 6. The molecule has 0 atom stereocenters. The van der Waals surface area contributed by atoms with Crippen molar-refractivity contribution in [1.82, 2.24) is 15.6 Å². The fourth-order valence-corrected chi connectivity index (χ4v) is 3.57. The van der Waals surface area contributed by atoms with Gasteiger partial charge in [-0.2, -0.15) is 0 Å². The topological polar surface area (TPSA) is 75.6 Å². The summed E-state index contributed by atoms with van der Waals surface area (Å²) in [5.41, 5.74) is 0.991. The summed E-state index contributed by atoms with van der Waals surface area (Å²) in [4.78, 5) is 9.21. The highest BCUT2D eigenvalue weighted by molar-refractivity contribution is 7.21. The number of hydrogen-bond acceptors (Lipinski definition) is 5. The Morgan fingerprint density at radius 2 is 2.00 bits per heavy atom. The van der Waals surface area contributed by atoms with Gasteiger partial charge in [0.15, 0.2) is 16.7 Å². The molecule has 0 fully saturated rings. The van der Waals surface area contributed by atoms with Crippen LogP contribution in [0.3, 0.4) is 0 Å². The zero-order valence-electron chi connectivity index (χ0n) is 14.9. The van der Waals surface area contributed by atoms with Gasteiger partial charge >= 0.3 is 0 Å². The molecule has 0 saturated carbocycles. The molecule has 0 saturated heterocycles. The van der Waals surface area contributed by atoms with Gasteiger partial charge in [0.25, 0.3) is 0 Å². The maximum absolute atomic E-state index is 5.94. The molecule has 27 heavy (non-hydrogen) atoms. The van der Waals surface area contributed by atoms with Crippen molar-refractivity contribution in [3.63, 3.8) is 0 Å². The van der Waals surface area contributed by atoms with E-state index < -0.39 is 0 Å². The van der Waals surface area contributed by atoms with Gasteiger partial charge in [0.2, 0.25) is 0 Å². The molecule has 0 unspecified atom stereocenters. The van der Waals surface area contributed by atoms with Gasteiger partial charge in [-0.1, -0.05) is 12.1 Å². The van der Waals surface area contributed by atoms with Crippen LogP contribution in [0, 0.1) is 0 Å². The van der Waals surface area contributed by atoms with Crippen molar-refractivity contribution in [2.75, 3.05) is 6.54 Å². The highest BCUT2D eigenvalue weighted by Gasteiger charge is 2.10. The van der Waals surface area contributed by atoms with Crippen LogP contribution in [0.25, 0.3) is 21.0 Å². The van der Waals surface area contributed by atoms with Crippen molar-refractivity contribution in [3.8, 4) is 10.8 Å². The molecule has 0 aliphatic carbocycles. The monoisotopic (exact) mass is 380 g/mol. The summed E-state index contributed by atoms with van der Waals surface area (Å²) in [6.07, 6.45) is 1.66. The minimum Gasteiger partial charge on any atom is -0.467 e. The lowest BCUT2D eigenvalue weighted by atomic mass is 10.3. The second-order valence-corrected chi connectivity index (χ2v) is 6.91. The fourth-order valence-electron chi connectivity index (χ4n) is 2.64. The van der Waals surface area contributed by atoms with E-state index in [-0.39, 0.29) is 0 Å². The van der Waals surface area contributed by atoms with Gasteiger partial charge in [0.1, 0.15) is 18.1 Å². The fraction of sp³-hybridized carbons (Fsp3) is 0.200. The summed E-state index contributed by atoms with van der Waals surface area (Å²) < 4.78 is 12.4. The molecule has 7 heteroatoms. The molecule has 3 heterocycles. The summed E-state index contributed by atoms with van der Waals surface area (Å²) in [6.45, 7) is 3.83. The third kappa shape index (κ3) is 4.20. The maximum Gasteiger partial charge on any atom is 0.192 e. The molecular formula is C20H20N4O2S. The third-order valence-corrected chi connectivity index (χ3v) is 4.96. The number of aromatic nitrogens is 1. The molecule has 0 amide bonds. The molecule has 0 spiro atoms. The summed E-state index contributed by atoms with van der Waals surface area (Å²) in [5, 5.41) is 7.34. The van der Waals surface area contributed by atoms with Crippen LogP contribution in [-0.4, -0.2) is 17.5 Å². The second-order valence-electron chi connectivity index (χ2n) is 5.88. The van der Waals surface area contributed by atoms with Gasteiger partial charge in [-0.15, -0.1) is 11.3 Å². The first-order valence-corrected chi connectivity index (χ1v) is 9.62. The van der Waals surface area contributed by atoms with Crippen molar-refractivity contribution < 1.29 is 8.83 Å². The molecule has 0 bridgehead atoms. The lowest BCUT2D eigenvalue weighted by molar-refractivity contribution is 0.500. The largest absolute Gasteiger partial charge is 0.467 e. The Balaban J connectivity index is 1.44. The Morgan fingerprint density at radius 1 is 1.07 bits per heavy atom. The predicted octanol–water partition coefficient (Wildman–Crippen LogP) is 4.40. The van der Waals surface area contributed by atoms with Gasteiger partial charge in [0.05, 0.1) is 23.0 Å². The van der Waals surface area contributed by atoms with E-state index in [0.717, 1.165) is 39.0 Å². The van der Waals surface area contributed by atoms with E-state index in [1.807, 2.05) is 49.4 Å². The van der Waals surface area contributed by atoms with Crippen LogP contribution < -0.4 is 10.6 Å². The van der Waals surface area contributed by atoms with Crippen molar-refractivity contribution >= 4 is 27.5 Å². The Morgan fingerprint density at radius 3 is 2.81 bits per heavy atom. The van der Waals surface area contributed by atoms with E-state index >= 15 is 0 Å². The van der Waals surface area contributed by atoms with Gasteiger partial charge in [0, 0.05) is 6.54 Å². The average Bonchev–Trinajstić information content (AvgIpc) is 3.44. The van der Waals surface area contributed by atoms with Crippen LogP contribution in [-0.2, 0) is 13.1 Å². The van der Waals surface area contributed by atoms with Crippen molar-refractivity contribution in [1.29, 1.82) is 0 Å². The van der Waals surface area contributed by atoms with Crippen molar-refractivity contribution in [2.45, 2.75) is 20.0 Å². The minimum absolute atomic E-state index is 0.443. The average molecular weight is 380 g/mol. The number of nitrogens with one attached hydrogen (secondary N) is 2. The molecule has 4 aromatic rings. The maximum atomic E-state index is 5.94. The SMILES string of the molecule is CCNC(=NCc1ccc(-c2nc3ccccc3s2)o1)NCc1ccco1. The molecule has 4 rings (SSSR count). The number of nitrogens with zero attached hydrogens (tertiary/aromatic N) is 2. The Kier molecular flexibility index (Phi) is 5.20. The number of fused-ring (bicyclic) bond motifs is 1. The van der Waals surface area contributed by atoms with Gasteiger partial charge in [-0.3, -0.25) is 0 Å². The second kappa shape index (κ2) is 8.09. The Bertz CT molecular complexity index is 1000. The minimum atomic E-state index is 0.443. The lowest BCUT2D eigenvalue weighted by Crippen LogP contribution is -2.36. The number of hydrogen-bond donors (Lipinski definition) is 2. The molecule has 0 aliphatic rings. The Labute approximate surface area is 160 Å². The molecule has 2 N–H and O–H groups in total. The molecular weight excluding hydrogens is 360 g/mol. The lowest BCUT2D eigenvalue weighted by Gasteiger charge is -2.09. The smallest absolute Gasteiger partial charge is 0.192 e. The molecule has 0 aliphatic heterocycles. The standard InChI is InChI=1S/C20H20N4O2S/c1-2-21-20(22-12-14-6-5-11-25-14)23-13-15-9-10-17(26-15)19-24-16-7-3-4-8-18(16)27-19/h3-11H,2,12-13H2,1H3,(H2,21,22,23). The van der Waals surface area contributed by atoms with E-state index in [1.54, 1.807) is 17.6 Å². The molecule has 138 valence electrons. The van der Waals surface area contributed by atoms with Crippen LogP contribution >= 0.6 is 11.3 Å². The third-order valence-electron chi connectivity index (χ3n) is 3.91. The van der Waals surface area contributed by atoms with Crippen LogP contribution in [0.15, 0.2) is 68.6 Å². The van der Waals surface area contributed by atoms with E-state index in [4.69, 9.17) is 8.83 Å². The molecule has 3 aromatic heterocycles. The van der Waals surface area contributed by atoms with Crippen LogP contribution in [0.2, 0.25) is 0 Å². The first-order valence-electron chi connectivity index (χ1n) is 8.81. The number of para-hydroxylation sites is 1. The summed E-state index contributed by atoms with van der Waals surface area (Å²) in [7, 11) is 0. The summed E-state index contributed by atoms with van der Waals surface area (Å²) >= 11 is 1.63. The van der Waals surface area contributed by atoms with Gasteiger partial charge in [-0.25, -0.2) is 9.98 Å². The van der Waals surface area contributed by atoms with E-state index in [0.29, 0.717) is 19.0 Å².